The molecule has 0 unspecified atom stereocenters. The zero-order valence-corrected chi connectivity index (χ0v) is 9.29. The van der Waals surface area contributed by atoms with Gasteiger partial charge in [-0.1, -0.05) is 5.21 Å². The number of rotatable bonds is 5. The summed E-state index contributed by atoms with van der Waals surface area (Å²) in [7, 11) is 0. The van der Waals surface area contributed by atoms with Crippen molar-refractivity contribution < 1.29 is 19.5 Å². The summed E-state index contributed by atoms with van der Waals surface area (Å²) in [5.41, 5.74) is 10.0. The second kappa shape index (κ2) is 5.72. The Balaban J connectivity index is 2.91. The lowest BCUT2D eigenvalue weighted by Gasteiger charge is -2.05. The summed E-state index contributed by atoms with van der Waals surface area (Å²) in [6.45, 7) is -0.191. The Labute approximate surface area is 101 Å². The summed E-state index contributed by atoms with van der Waals surface area (Å²) >= 11 is 0. The maximum absolute atomic E-state index is 11.3. The highest BCUT2D eigenvalue weighted by Crippen LogP contribution is 2.06. The van der Waals surface area contributed by atoms with Gasteiger partial charge in [0.1, 0.15) is 6.54 Å². The van der Waals surface area contributed by atoms with Crippen molar-refractivity contribution in [3.63, 3.8) is 0 Å². The van der Waals surface area contributed by atoms with Crippen LogP contribution in [0.4, 0.5) is 4.79 Å². The Morgan fingerprint density at radius 1 is 1.39 bits per heavy atom. The molecule has 0 atom stereocenters. The fourth-order valence-electron chi connectivity index (χ4n) is 1.32. The number of carbonyl (C=O) groups is 3. The average Bonchev–Trinajstić information content (AvgIpc) is 2.61. The van der Waals surface area contributed by atoms with Crippen molar-refractivity contribution in [3.8, 4) is 0 Å². The smallest absolute Gasteiger partial charge is 0.358 e. The van der Waals surface area contributed by atoms with Crippen LogP contribution in [-0.2, 0) is 17.8 Å². The van der Waals surface area contributed by atoms with Crippen LogP contribution >= 0.6 is 0 Å². The highest BCUT2D eigenvalue weighted by Gasteiger charge is 2.19. The monoisotopic (exact) mass is 256 g/mol. The van der Waals surface area contributed by atoms with E-state index in [1.807, 2.05) is 5.32 Å². The Morgan fingerprint density at radius 3 is 2.56 bits per heavy atom. The molecule has 0 spiro atoms. The van der Waals surface area contributed by atoms with Crippen LogP contribution < -0.4 is 16.8 Å². The van der Waals surface area contributed by atoms with Crippen LogP contribution in [0, 0.1) is 0 Å². The number of urea groups is 1. The number of carboxylic acid groups (broad SMARTS) is 1. The van der Waals surface area contributed by atoms with E-state index >= 15 is 0 Å². The van der Waals surface area contributed by atoms with E-state index in [0.717, 1.165) is 4.68 Å². The Bertz CT molecular complexity index is 482. The van der Waals surface area contributed by atoms with Gasteiger partial charge in [0.15, 0.2) is 5.69 Å². The van der Waals surface area contributed by atoms with Gasteiger partial charge in [0.25, 0.3) is 0 Å². The van der Waals surface area contributed by atoms with Crippen LogP contribution in [0.25, 0.3) is 0 Å². The summed E-state index contributed by atoms with van der Waals surface area (Å²) in [5.74, 6) is -1.98. The standard InChI is InChI=1S/C8H12N6O4/c9-2-1-4-6(7(16)17)12-13-14(4)3-5(15)11-8(10)18/h1-3,9H2,(H,16,17)(H3,10,11,15,18). The van der Waals surface area contributed by atoms with E-state index in [4.69, 9.17) is 16.6 Å². The molecule has 0 bridgehead atoms. The average molecular weight is 256 g/mol. The van der Waals surface area contributed by atoms with Crippen molar-refractivity contribution in [2.45, 2.75) is 13.0 Å². The normalized spacial score (nSPS) is 10.1. The molecule has 0 radical (unpaired) electrons. The molecule has 10 nitrogen and oxygen atoms in total. The molecular weight excluding hydrogens is 244 g/mol. The lowest BCUT2D eigenvalue weighted by molar-refractivity contribution is -0.120. The molecule has 0 fully saturated rings. The zero-order valence-electron chi connectivity index (χ0n) is 9.29. The topological polar surface area (TPSA) is 166 Å². The van der Waals surface area contributed by atoms with Gasteiger partial charge in [0, 0.05) is 6.42 Å². The van der Waals surface area contributed by atoms with E-state index < -0.39 is 17.9 Å². The van der Waals surface area contributed by atoms with E-state index in [9.17, 15) is 14.4 Å². The van der Waals surface area contributed by atoms with Crippen molar-refractivity contribution in [1.29, 1.82) is 0 Å². The van der Waals surface area contributed by atoms with Crippen LogP contribution in [0.15, 0.2) is 0 Å². The summed E-state index contributed by atoms with van der Waals surface area (Å²) < 4.78 is 1.06. The predicted octanol–water partition coefficient (Wildman–Crippen LogP) is -2.33. The minimum Gasteiger partial charge on any atom is -0.476 e. The van der Waals surface area contributed by atoms with Crippen LogP contribution in [0.5, 0.6) is 0 Å². The van der Waals surface area contributed by atoms with Crippen LogP contribution in [0.3, 0.4) is 0 Å². The number of hydrogen-bond donors (Lipinski definition) is 4. The van der Waals surface area contributed by atoms with Gasteiger partial charge in [0.2, 0.25) is 5.91 Å². The molecule has 0 saturated heterocycles. The Hall–Kier alpha value is -2.49. The third kappa shape index (κ3) is 3.25. The molecule has 0 aromatic carbocycles. The van der Waals surface area contributed by atoms with Gasteiger partial charge < -0.3 is 16.6 Å². The van der Waals surface area contributed by atoms with Crippen molar-refractivity contribution in [1.82, 2.24) is 20.3 Å². The zero-order chi connectivity index (χ0) is 13.7. The van der Waals surface area contributed by atoms with Crippen LogP contribution in [-0.4, -0.2) is 44.6 Å². The largest absolute Gasteiger partial charge is 0.476 e. The molecule has 1 rings (SSSR count). The first kappa shape index (κ1) is 13.6. The number of nitrogens with zero attached hydrogens (tertiary/aromatic N) is 3. The number of primary amides is 1. The summed E-state index contributed by atoms with van der Waals surface area (Å²) in [6.07, 6.45) is 0.193. The molecule has 98 valence electrons. The molecule has 0 aliphatic heterocycles. The lowest BCUT2D eigenvalue weighted by atomic mass is 10.2. The summed E-state index contributed by atoms with van der Waals surface area (Å²) in [4.78, 5) is 32.6. The quantitative estimate of drug-likeness (QED) is 0.458. The van der Waals surface area contributed by atoms with Crippen molar-refractivity contribution in [2.24, 2.45) is 11.5 Å². The molecular formula is C8H12N6O4. The molecule has 10 heteroatoms. The third-order valence-corrected chi connectivity index (χ3v) is 1.98. The van der Waals surface area contributed by atoms with Gasteiger partial charge in [0.05, 0.1) is 5.69 Å². The number of nitrogens with one attached hydrogen (secondary N) is 1. The molecule has 18 heavy (non-hydrogen) atoms. The number of aromatic carboxylic acids is 1. The van der Waals surface area contributed by atoms with E-state index in [0.29, 0.717) is 0 Å². The first-order valence-electron chi connectivity index (χ1n) is 4.90. The molecule has 3 amide bonds. The second-order valence-corrected chi connectivity index (χ2v) is 3.30. The number of imide groups is 1. The second-order valence-electron chi connectivity index (χ2n) is 3.30. The predicted molar refractivity (Wildman–Crippen MR) is 57.5 cm³/mol. The molecule has 0 saturated carbocycles. The first-order valence-corrected chi connectivity index (χ1v) is 4.90. The highest BCUT2D eigenvalue weighted by atomic mass is 16.4. The fraction of sp³-hybridized carbons (Fsp3) is 0.375. The van der Waals surface area contributed by atoms with Gasteiger partial charge in [-0.2, -0.15) is 0 Å². The van der Waals surface area contributed by atoms with E-state index in [1.54, 1.807) is 0 Å². The van der Waals surface area contributed by atoms with Gasteiger partial charge in [-0.05, 0) is 6.54 Å². The fourth-order valence-corrected chi connectivity index (χ4v) is 1.32. The van der Waals surface area contributed by atoms with E-state index in [2.05, 4.69) is 10.3 Å². The Kier molecular flexibility index (Phi) is 4.32. The van der Waals surface area contributed by atoms with Crippen molar-refractivity contribution in [2.75, 3.05) is 6.54 Å². The van der Waals surface area contributed by atoms with E-state index in [1.165, 1.54) is 0 Å². The maximum atomic E-state index is 11.3. The molecule has 0 aliphatic rings. The van der Waals surface area contributed by atoms with Gasteiger partial charge >= 0.3 is 12.0 Å². The van der Waals surface area contributed by atoms with Gasteiger partial charge in [-0.25, -0.2) is 14.3 Å². The van der Waals surface area contributed by atoms with Crippen LogP contribution in [0.2, 0.25) is 0 Å². The number of nitrogens with two attached hydrogens (primary N) is 2. The third-order valence-electron chi connectivity index (χ3n) is 1.98. The number of hydrogen-bond acceptors (Lipinski definition) is 6. The van der Waals surface area contributed by atoms with Crippen molar-refractivity contribution >= 4 is 17.9 Å². The molecule has 1 aromatic heterocycles. The molecule has 1 heterocycles. The summed E-state index contributed by atoms with van der Waals surface area (Å²) in [5, 5.41) is 17.6. The highest BCUT2D eigenvalue weighted by molar-refractivity contribution is 5.93. The lowest BCUT2D eigenvalue weighted by Crippen LogP contribution is -2.37. The van der Waals surface area contributed by atoms with Gasteiger partial charge in [-0.3, -0.25) is 10.1 Å². The van der Waals surface area contributed by atoms with Crippen LogP contribution in [0.1, 0.15) is 16.2 Å². The number of aromatic nitrogens is 3. The number of carbonyl (C=O) groups excluding carboxylic acids is 2. The van der Waals surface area contributed by atoms with Gasteiger partial charge in [-0.15, -0.1) is 5.10 Å². The minimum atomic E-state index is -1.26. The summed E-state index contributed by atoms with van der Waals surface area (Å²) in [6, 6.07) is -1.00. The Morgan fingerprint density at radius 2 is 2.06 bits per heavy atom. The number of amides is 3. The molecule has 0 aliphatic carbocycles. The van der Waals surface area contributed by atoms with E-state index in [-0.39, 0.29) is 30.9 Å². The number of carboxylic acids is 1. The first-order chi connectivity index (χ1) is 8.45. The van der Waals surface area contributed by atoms with Crippen molar-refractivity contribution in [3.05, 3.63) is 11.4 Å². The minimum absolute atomic E-state index is 0.172. The SMILES string of the molecule is NCCc1c(C(=O)O)nnn1CC(=O)NC(N)=O. The maximum Gasteiger partial charge on any atom is 0.358 e. The molecule has 1 aromatic rings. The molecule has 6 N–H and O–H groups in total.